The third-order valence-corrected chi connectivity index (χ3v) is 8.41. The summed E-state index contributed by atoms with van der Waals surface area (Å²) in [5, 5.41) is 0.764. The fraction of sp³-hybridized carbons (Fsp3) is 0.241. The van der Waals surface area contributed by atoms with Crippen molar-refractivity contribution in [2.45, 2.75) is 17.2 Å². The van der Waals surface area contributed by atoms with Crippen molar-refractivity contribution in [1.29, 1.82) is 0 Å². The first-order valence-electron chi connectivity index (χ1n) is 12.2. The molecule has 5 rings (SSSR count). The van der Waals surface area contributed by atoms with Gasteiger partial charge in [0.1, 0.15) is 5.75 Å². The number of ether oxygens (including phenoxy) is 1. The second-order valence-corrected chi connectivity index (χ2v) is 11.1. The number of benzene rings is 3. The van der Waals surface area contributed by atoms with Crippen LogP contribution in [-0.4, -0.2) is 62.4 Å². The number of rotatable bonds is 7. The zero-order chi connectivity index (χ0) is 25.8. The smallest absolute Gasteiger partial charge is 0.254 e. The van der Waals surface area contributed by atoms with E-state index in [2.05, 4.69) is 22.0 Å². The summed E-state index contributed by atoms with van der Waals surface area (Å²) >= 11 is 0. The summed E-state index contributed by atoms with van der Waals surface area (Å²) in [4.78, 5) is 21.9. The predicted molar refractivity (Wildman–Crippen MR) is 143 cm³/mol. The number of carbonyl (C=O) groups is 1. The van der Waals surface area contributed by atoms with Crippen molar-refractivity contribution in [3.8, 4) is 5.75 Å². The highest BCUT2D eigenvalue weighted by Crippen LogP contribution is 2.29. The van der Waals surface area contributed by atoms with Crippen LogP contribution in [0, 0.1) is 0 Å². The molecule has 0 spiro atoms. The molecule has 0 radical (unpaired) electrons. The molecule has 0 aliphatic carbocycles. The van der Waals surface area contributed by atoms with E-state index in [9.17, 15) is 13.2 Å². The molecule has 0 N–H and O–H groups in total. The molecule has 4 aromatic rings. The van der Waals surface area contributed by atoms with Crippen LogP contribution in [0.2, 0.25) is 0 Å². The van der Waals surface area contributed by atoms with Gasteiger partial charge in [-0.3, -0.25) is 14.7 Å². The quantitative estimate of drug-likeness (QED) is 0.368. The van der Waals surface area contributed by atoms with Gasteiger partial charge in [0, 0.05) is 55.4 Å². The molecule has 1 aliphatic heterocycles. The van der Waals surface area contributed by atoms with Gasteiger partial charge >= 0.3 is 0 Å². The van der Waals surface area contributed by atoms with Crippen LogP contribution in [0.5, 0.6) is 5.75 Å². The van der Waals surface area contributed by atoms with Crippen molar-refractivity contribution in [2.24, 2.45) is 0 Å². The Labute approximate surface area is 217 Å². The van der Waals surface area contributed by atoms with Crippen LogP contribution in [0.3, 0.4) is 0 Å². The summed E-state index contributed by atoms with van der Waals surface area (Å²) in [5.74, 6) is 0.0500. The normalized spacial score (nSPS) is 14.6. The summed E-state index contributed by atoms with van der Waals surface area (Å²) in [5.41, 5.74) is 2.69. The largest absolute Gasteiger partial charge is 0.496 e. The van der Waals surface area contributed by atoms with Crippen molar-refractivity contribution in [1.82, 2.24) is 14.8 Å². The number of nitrogens with zero attached hydrogens (tertiary/aromatic N) is 3. The van der Waals surface area contributed by atoms with Crippen LogP contribution in [-0.2, 0) is 22.1 Å². The first-order chi connectivity index (χ1) is 17.9. The maximum absolute atomic E-state index is 13.3. The highest BCUT2D eigenvalue weighted by atomic mass is 32.2. The molecule has 2 heterocycles. The van der Waals surface area contributed by atoms with Gasteiger partial charge in [-0.25, -0.2) is 8.42 Å². The minimum atomic E-state index is -3.70. The lowest BCUT2D eigenvalue weighted by atomic mass is 10.1. The van der Waals surface area contributed by atoms with E-state index in [4.69, 9.17) is 4.74 Å². The average molecular weight is 516 g/mol. The second-order valence-electron chi connectivity index (χ2n) is 9.17. The van der Waals surface area contributed by atoms with E-state index in [-0.39, 0.29) is 16.6 Å². The summed E-state index contributed by atoms with van der Waals surface area (Å²) in [6, 6.07) is 24.1. The second kappa shape index (κ2) is 10.7. The fourth-order valence-corrected chi connectivity index (χ4v) is 6.29. The minimum Gasteiger partial charge on any atom is -0.496 e. The third kappa shape index (κ3) is 5.50. The Bertz CT molecular complexity index is 1510. The zero-order valence-corrected chi connectivity index (χ0v) is 21.5. The molecule has 0 unspecified atom stereocenters. The lowest BCUT2D eigenvalue weighted by Gasteiger charge is -2.34. The van der Waals surface area contributed by atoms with Crippen molar-refractivity contribution >= 4 is 26.6 Å². The predicted octanol–water partition coefficient (Wildman–Crippen LogP) is 4.18. The van der Waals surface area contributed by atoms with Gasteiger partial charge < -0.3 is 9.64 Å². The van der Waals surface area contributed by atoms with E-state index in [1.54, 1.807) is 42.6 Å². The summed E-state index contributed by atoms with van der Waals surface area (Å²) in [6.07, 6.45) is 1.59. The number of methoxy groups -OCH3 is 1. The van der Waals surface area contributed by atoms with Crippen molar-refractivity contribution in [2.75, 3.05) is 33.3 Å². The van der Waals surface area contributed by atoms with Crippen LogP contribution in [0.25, 0.3) is 10.9 Å². The molecule has 3 aromatic carbocycles. The Morgan fingerprint density at radius 1 is 0.919 bits per heavy atom. The van der Waals surface area contributed by atoms with Gasteiger partial charge in [-0.05, 0) is 29.8 Å². The zero-order valence-electron chi connectivity index (χ0n) is 20.7. The first-order valence-corrected chi connectivity index (χ1v) is 13.9. The van der Waals surface area contributed by atoms with E-state index in [1.807, 2.05) is 35.2 Å². The van der Waals surface area contributed by atoms with E-state index in [1.165, 1.54) is 12.7 Å². The number of hydrogen-bond acceptors (Lipinski definition) is 6. The van der Waals surface area contributed by atoms with Crippen LogP contribution in [0.15, 0.2) is 90.0 Å². The molecular formula is C29H29N3O4S. The number of sulfone groups is 1. The lowest BCUT2D eigenvalue weighted by Crippen LogP contribution is -2.48. The Kier molecular flexibility index (Phi) is 7.21. The van der Waals surface area contributed by atoms with Crippen LogP contribution in [0.1, 0.15) is 21.5 Å². The van der Waals surface area contributed by atoms with Crippen molar-refractivity contribution in [3.63, 3.8) is 0 Å². The van der Waals surface area contributed by atoms with Crippen molar-refractivity contribution in [3.05, 3.63) is 102 Å². The van der Waals surface area contributed by atoms with Gasteiger partial charge in [-0.15, -0.1) is 0 Å². The summed E-state index contributed by atoms with van der Waals surface area (Å²) < 4.78 is 32.2. The van der Waals surface area contributed by atoms with E-state index in [0.717, 1.165) is 25.0 Å². The standard InChI is InChI=1S/C29H29N3O4S/c1-36-26-19-24(29(33)32-17-15-31(16-18-32)20-22-7-3-2-4-8-22)12-13-25(26)21-37(34,35)27-11-5-9-23-10-6-14-30-28(23)27/h2-14,19H,15-18,20-21H2,1H3. The topological polar surface area (TPSA) is 79.8 Å². The Morgan fingerprint density at radius 3 is 2.43 bits per heavy atom. The highest BCUT2D eigenvalue weighted by Gasteiger charge is 2.25. The Hall–Kier alpha value is -3.75. The number of aromatic nitrogens is 1. The van der Waals surface area contributed by atoms with Gasteiger partial charge in [0.15, 0.2) is 9.84 Å². The Balaban J connectivity index is 1.29. The molecule has 190 valence electrons. The molecular weight excluding hydrogens is 486 g/mol. The van der Waals surface area contributed by atoms with E-state index < -0.39 is 9.84 Å². The molecule has 1 fully saturated rings. The first kappa shape index (κ1) is 24.9. The maximum atomic E-state index is 13.3. The molecule has 1 saturated heterocycles. The SMILES string of the molecule is COc1cc(C(=O)N2CCN(Cc3ccccc3)CC2)ccc1CS(=O)(=O)c1cccc2cccnc12. The minimum absolute atomic E-state index is 0.0784. The molecule has 0 saturated carbocycles. The lowest BCUT2D eigenvalue weighted by molar-refractivity contribution is 0.0628. The number of amides is 1. The number of piperazine rings is 1. The van der Waals surface area contributed by atoms with Crippen molar-refractivity contribution < 1.29 is 17.9 Å². The maximum Gasteiger partial charge on any atom is 0.254 e. The van der Waals surface area contributed by atoms with E-state index in [0.29, 0.717) is 35.5 Å². The molecule has 7 nitrogen and oxygen atoms in total. The van der Waals surface area contributed by atoms with Gasteiger partial charge in [-0.2, -0.15) is 0 Å². The van der Waals surface area contributed by atoms with Crippen LogP contribution < -0.4 is 4.74 Å². The molecule has 0 atom stereocenters. The van der Waals surface area contributed by atoms with Crippen LogP contribution in [0.4, 0.5) is 0 Å². The Morgan fingerprint density at radius 2 is 1.68 bits per heavy atom. The fourth-order valence-electron chi connectivity index (χ4n) is 4.74. The molecule has 8 heteroatoms. The molecule has 0 bridgehead atoms. The average Bonchev–Trinajstić information content (AvgIpc) is 2.93. The molecule has 1 aliphatic rings. The van der Waals surface area contributed by atoms with Crippen LogP contribution >= 0.6 is 0 Å². The van der Waals surface area contributed by atoms with E-state index >= 15 is 0 Å². The number of fused-ring (bicyclic) bond motifs is 1. The molecule has 1 amide bonds. The number of para-hydroxylation sites is 1. The number of carbonyl (C=O) groups excluding carboxylic acids is 1. The number of hydrogen-bond donors (Lipinski definition) is 0. The highest BCUT2D eigenvalue weighted by molar-refractivity contribution is 7.90. The van der Waals surface area contributed by atoms with Gasteiger partial charge in [0.05, 0.1) is 23.3 Å². The van der Waals surface area contributed by atoms with Gasteiger partial charge in [0.2, 0.25) is 0 Å². The summed E-state index contributed by atoms with van der Waals surface area (Å²) in [7, 11) is -2.21. The molecule has 1 aromatic heterocycles. The van der Waals surface area contributed by atoms with Gasteiger partial charge in [-0.1, -0.05) is 54.6 Å². The monoisotopic (exact) mass is 515 g/mol. The third-order valence-electron chi connectivity index (χ3n) is 6.72. The van der Waals surface area contributed by atoms with Gasteiger partial charge in [0.25, 0.3) is 5.91 Å². The summed E-state index contributed by atoms with van der Waals surface area (Å²) in [6.45, 7) is 3.74. The number of pyridine rings is 1. The molecule has 37 heavy (non-hydrogen) atoms.